The van der Waals surface area contributed by atoms with Gasteiger partial charge in [0, 0.05) is 59.1 Å². The lowest BCUT2D eigenvalue weighted by Gasteiger charge is -2.23. The van der Waals surface area contributed by atoms with Crippen LogP contribution < -0.4 is 10.5 Å². The molecule has 3 fully saturated rings. The van der Waals surface area contributed by atoms with E-state index in [4.69, 9.17) is 20.4 Å². The van der Waals surface area contributed by atoms with Gasteiger partial charge in [0.2, 0.25) is 0 Å². The Kier molecular flexibility index (Phi) is 5.69. The number of carbonyl (C=O) groups excluding carboxylic acids is 1. The van der Waals surface area contributed by atoms with Crippen LogP contribution >= 0.6 is 0 Å². The number of methoxy groups -OCH3 is 1. The summed E-state index contributed by atoms with van der Waals surface area (Å²) in [5, 5.41) is 1.08. The third kappa shape index (κ3) is 3.86. The Bertz CT molecular complexity index is 1880. The van der Waals surface area contributed by atoms with Crippen LogP contribution in [0, 0.1) is 19.8 Å². The first-order chi connectivity index (χ1) is 20.4. The number of aryl methyl sites for hydroxylation is 2. The molecule has 9 nitrogen and oxygen atoms in total. The van der Waals surface area contributed by atoms with Gasteiger partial charge in [0.15, 0.2) is 5.88 Å². The summed E-state index contributed by atoms with van der Waals surface area (Å²) in [5.41, 5.74) is 14.4. The molecular formula is C33H35N7O2. The fourth-order valence-electron chi connectivity index (χ4n) is 7.27. The van der Waals surface area contributed by atoms with Gasteiger partial charge >= 0.3 is 0 Å². The second-order valence-electron chi connectivity index (χ2n) is 12.3. The topological polar surface area (TPSA) is 104 Å². The van der Waals surface area contributed by atoms with E-state index in [0.29, 0.717) is 23.0 Å². The Morgan fingerprint density at radius 2 is 1.93 bits per heavy atom. The summed E-state index contributed by atoms with van der Waals surface area (Å²) < 4.78 is 10.2. The van der Waals surface area contributed by atoms with Crippen molar-refractivity contribution in [3.63, 3.8) is 0 Å². The fourth-order valence-corrected chi connectivity index (χ4v) is 7.27. The van der Waals surface area contributed by atoms with Gasteiger partial charge in [0.25, 0.3) is 5.91 Å². The second kappa shape index (κ2) is 9.39. The Hall–Kier alpha value is -4.24. The van der Waals surface area contributed by atoms with E-state index in [1.54, 1.807) is 7.11 Å². The van der Waals surface area contributed by atoms with Gasteiger partial charge in [-0.2, -0.15) is 0 Å². The van der Waals surface area contributed by atoms with Crippen molar-refractivity contribution in [2.45, 2.75) is 70.6 Å². The molecule has 2 aliphatic heterocycles. The van der Waals surface area contributed by atoms with Crippen molar-refractivity contribution in [2.24, 2.45) is 11.7 Å². The lowest BCUT2D eigenvalue weighted by Crippen LogP contribution is -2.40. The van der Waals surface area contributed by atoms with Gasteiger partial charge in [-0.05, 0) is 88.3 Å². The molecule has 2 bridgehead atoms. The first-order valence-electron chi connectivity index (χ1n) is 15.0. The molecule has 3 aliphatic rings. The Labute approximate surface area is 244 Å². The maximum atomic E-state index is 13.8. The molecule has 1 unspecified atom stereocenters. The lowest BCUT2D eigenvalue weighted by atomic mass is 9.97. The highest BCUT2D eigenvalue weighted by molar-refractivity contribution is 5.97. The van der Waals surface area contributed by atoms with Gasteiger partial charge < -0.3 is 19.9 Å². The molecule has 5 aromatic heterocycles. The Morgan fingerprint density at radius 1 is 1.07 bits per heavy atom. The van der Waals surface area contributed by atoms with E-state index in [9.17, 15) is 4.79 Å². The summed E-state index contributed by atoms with van der Waals surface area (Å²) >= 11 is 0. The largest absolute Gasteiger partial charge is 0.482 e. The molecule has 9 heteroatoms. The van der Waals surface area contributed by atoms with E-state index in [2.05, 4.69) is 40.7 Å². The van der Waals surface area contributed by atoms with Gasteiger partial charge in [-0.25, -0.2) is 9.97 Å². The molecule has 7 heterocycles. The SMILES string of the molecule is COc1cc(C(=O)N2C3CC[C@@H]2[C@H](N)C3)cc2nc(-c3cc4ccc(-c5cccnc5C)nc4n3CC3CC3)c(C)n12. The summed E-state index contributed by atoms with van der Waals surface area (Å²) in [4.78, 5) is 30.5. The molecule has 42 heavy (non-hydrogen) atoms. The predicted octanol–water partition coefficient (Wildman–Crippen LogP) is 5.15. The molecule has 3 atom stereocenters. The third-order valence-corrected chi connectivity index (χ3v) is 9.60. The van der Waals surface area contributed by atoms with Crippen molar-refractivity contribution >= 4 is 22.6 Å². The average Bonchev–Trinajstić information content (AvgIpc) is 3.32. The number of nitrogens with zero attached hydrogens (tertiary/aromatic N) is 6. The summed E-state index contributed by atoms with van der Waals surface area (Å²) in [6.45, 7) is 4.98. The van der Waals surface area contributed by atoms with Crippen LogP contribution in [-0.2, 0) is 6.54 Å². The number of nitrogens with two attached hydrogens (primary N) is 1. The third-order valence-electron chi connectivity index (χ3n) is 9.60. The number of ether oxygens (including phenoxy) is 1. The van der Waals surface area contributed by atoms with Crippen LogP contribution in [0.4, 0.5) is 0 Å². The number of amides is 1. The molecule has 8 rings (SSSR count). The first-order valence-corrected chi connectivity index (χ1v) is 15.0. The van der Waals surface area contributed by atoms with E-state index >= 15 is 0 Å². The lowest BCUT2D eigenvalue weighted by molar-refractivity contribution is 0.0726. The summed E-state index contributed by atoms with van der Waals surface area (Å²) in [5.74, 6) is 1.26. The maximum Gasteiger partial charge on any atom is 0.254 e. The van der Waals surface area contributed by atoms with Crippen LogP contribution in [0.25, 0.3) is 39.3 Å². The van der Waals surface area contributed by atoms with Crippen LogP contribution in [0.1, 0.15) is 53.8 Å². The monoisotopic (exact) mass is 561 g/mol. The zero-order valence-corrected chi connectivity index (χ0v) is 24.2. The molecule has 2 N–H and O–H groups in total. The van der Waals surface area contributed by atoms with Crippen LogP contribution in [0.5, 0.6) is 5.88 Å². The average molecular weight is 562 g/mol. The molecule has 0 radical (unpaired) electrons. The minimum absolute atomic E-state index is 0.0173. The smallest absolute Gasteiger partial charge is 0.254 e. The number of hydrogen-bond donors (Lipinski definition) is 1. The van der Waals surface area contributed by atoms with Gasteiger partial charge in [0.1, 0.15) is 17.0 Å². The van der Waals surface area contributed by atoms with Crippen LogP contribution in [0.2, 0.25) is 0 Å². The number of aromatic nitrogens is 5. The van der Waals surface area contributed by atoms with E-state index in [1.807, 2.05) is 40.6 Å². The zero-order chi connectivity index (χ0) is 28.7. The maximum absolute atomic E-state index is 13.8. The highest BCUT2D eigenvalue weighted by Gasteiger charge is 2.47. The molecule has 214 valence electrons. The molecule has 5 aromatic rings. The standard InChI is InChI=1S/C33H35N7O2/c1-18-24(5-4-12-35-18)26-10-8-21-13-28(38(32(21)36-26)17-20-6-7-20)31-19(2)39-29(37-31)14-22(15-30(39)42-3)33(41)40-23-9-11-27(40)25(34)16-23/h4-5,8,10,12-15,20,23,25,27H,6-7,9,11,16-17,34H2,1-3H3/t23?,25-,27-/m1/s1. The van der Waals surface area contributed by atoms with E-state index in [1.165, 1.54) is 12.8 Å². The van der Waals surface area contributed by atoms with E-state index in [-0.39, 0.29) is 24.0 Å². The number of carbonyl (C=O) groups is 1. The number of rotatable bonds is 6. The molecular weight excluding hydrogens is 526 g/mol. The van der Waals surface area contributed by atoms with Crippen LogP contribution in [0.3, 0.4) is 0 Å². The minimum atomic E-state index is 0.0173. The van der Waals surface area contributed by atoms with Gasteiger partial charge in [-0.3, -0.25) is 14.2 Å². The highest BCUT2D eigenvalue weighted by Crippen LogP contribution is 2.40. The fraction of sp³-hybridized carbons (Fsp3) is 0.394. The summed E-state index contributed by atoms with van der Waals surface area (Å²) in [6, 6.07) is 14.6. The molecule has 2 saturated heterocycles. The number of pyridine rings is 3. The molecule has 0 spiro atoms. The Morgan fingerprint density at radius 3 is 2.64 bits per heavy atom. The molecule has 1 aliphatic carbocycles. The van der Waals surface area contributed by atoms with E-state index in [0.717, 1.165) is 70.9 Å². The van der Waals surface area contributed by atoms with Gasteiger partial charge in [-0.1, -0.05) is 0 Å². The second-order valence-corrected chi connectivity index (χ2v) is 12.3. The molecule has 0 aromatic carbocycles. The minimum Gasteiger partial charge on any atom is -0.482 e. The van der Waals surface area contributed by atoms with Crippen molar-refractivity contribution in [2.75, 3.05) is 7.11 Å². The molecule has 1 amide bonds. The van der Waals surface area contributed by atoms with Crippen molar-refractivity contribution in [3.8, 4) is 28.5 Å². The number of imidazole rings is 1. The van der Waals surface area contributed by atoms with Crippen molar-refractivity contribution in [1.82, 2.24) is 28.8 Å². The zero-order valence-electron chi connectivity index (χ0n) is 24.2. The highest BCUT2D eigenvalue weighted by atomic mass is 16.5. The van der Waals surface area contributed by atoms with Crippen molar-refractivity contribution in [1.29, 1.82) is 0 Å². The first kappa shape index (κ1) is 25.5. The predicted molar refractivity (Wildman–Crippen MR) is 161 cm³/mol. The normalized spacial score (nSPS) is 21.6. The van der Waals surface area contributed by atoms with Crippen molar-refractivity contribution in [3.05, 3.63) is 65.6 Å². The number of fused-ring (bicyclic) bond motifs is 4. The van der Waals surface area contributed by atoms with Crippen molar-refractivity contribution < 1.29 is 9.53 Å². The van der Waals surface area contributed by atoms with Gasteiger partial charge in [0.05, 0.1) is 24.2 Å². The summed E-state index contributed by atoms with van der Waals surface area (Å²) in [7, 11) is 1.65. The van der Waals surface area contributed by atoms with E-state index < -0.39 is 0 Å². The summed E-state index contributed by atoms with van der Waals surface area (Å²) in [6.07, 6.45) is 7.15. The van der Waals surface area contributed by atoms with Gasteiger partial charge in [-0.15, -0.1) is 0 Å². The van der Waals surface area contributed by atoms with Crippen LogP contribution in [0.15, 0.2) is 48.7 Å². The Balaban J connectivity index is 1.26. The quantitative estimate of drug-likeness (QED) is 0.307. The van der Waals surface area contributed by atoms with Crippen LogP contribution in [-0.4, -0.2) is 60.0 Å². The molecule has 1 saturated carbocycles. The number of hydrogen-bond acceptors (Lipinski definition) is 6.